The number of thioether (sulfide) groups is 1. The predicted octanol–water partition coefficient (Wildman–Crippen LogP) is 3.63. The third kappa shape index (κ3) is 2.85. The zero-order valence-electron chi connectivity index (χ0n) is 11.5. The summed E-state index contributed by atoms with van der Waals surface area (Å²) in [5, 5.41) is 0.638. The molecule has 0 radical (unpaired) electrons. The molecule has 106 valence electrons. The number of anilines is 1. The second-order valence-electron chi connectivity index (χ2n) is 4.50. The van der Waals surface area contributed by atoms with Gasteiger partial charge in [0, 0.05) is 20.6 Å². The molecule has 1 aliphatic rings. The second kappa shape index (κ2) is 6.16. The van der Waals surface area contributed by atoms with Crippen LogP contribution in [0.3, 0.4) is 0 Å². The van der Waals surface area contributed by atoms with Crippen molar-refractivity contribution in [2.45, 2.75) is 6.92 Å². The molecule has 1 aromatic carbocycles. The van der Waals surface area contributed by atoms with Crippen LogP contribution in [0.5, 0.6) is 0 Å². The summed E-state index contributed by atoms with van der Waals surface area (Å²) < 4.78 is 0.601. The van der Waals surface area contributed by atoms with E-state index in [1.807, 2.05) is 50.2 Å². The van der Waals surface area contributed by atoms with Gasteiger partial charge in [0.05, 0.1) is 15.6 Å². The van der Waals surface area contributed by atoms with Gasteiger partial charge in [-0.15, -0.1) is 0 Å². The van der Waals surface area contributed by atoms with Crippen molar-refractivity contribution in [1.29, 1.82) is 0 Å². The number of amides is 1. The van der Waals surface area contributed by atoms with E-state index in [9.17, 15) is 4.79 Å². The summed E-state index contributed by atoms with van der Waals surface area (Å²) >= 11 is 12.9. The predicted molar refractivity (Wildman–Crippen MR) is 91.3 cm³/mol. The van der Waals surface area contributed by atoms with Crippen LogP contribution in [0, 0.1) is 0 Å². The number of carbonyl (C=O) groups excluding carboxylic acids is 1. The van der Waals surface area contributed by atoms with Crippen LogP contribution < -0.4 is 4.90 Å². The number of carbonyl (C=O) groups is 1. The van der Waals surface area contributed by atoms with E-state index >= 15 is 0 Å². The van der Waals surface area contributed by atoms with Gasteiger partial charge < -0.3 is 4.90 Å². The number of halogens is 1. The van der Waals surface area contributed by atoms with E-state index in [0.29, 0.717) is 20.8 Å². The number of hydrogen-bond acceptors (Lipinski definition) is 4. The lowest BCUT2D eigenvalue weighted by molar-refractivity contribution is -0.121. The molecule has 20 heavy (non-hydrogen) atoms. The number of likely N-dealkylation sites (N-methyl/N-ethyl adjacent to an activating group) is 1. The van der Waals surface area contributed by atoms with Crippen molar-refractivity contribution >= 4 is 57.6 Å². The average Bonchev–Trinajstić information content (AvgIpc) is 2.66. The van der Waals surface area contributed by atoms with Gasteiger partial charge in [0.25, 0.3) is 5.91 Å². The largest absolute Gasteiger partial charge is 0.376 e. The summed E-state index contributed by atoms with van der Waals surface area (Å²) in [6.45, 7) is 2.50. The number of nitrogens with zero attached hydrogens (tertiary/aromatic N) is 2. The molecule has 2 rings (SSSR count). The molecule has 3 nitrogen and oxygen atoms in total. The first-order chi connectivity index (χ1) is 9.45. The van der Waals surface area contributed by atoms with Crippen molar-refractivity contribution in [3.8, 4) is 0 Å². The van der Waals surface area contributed by atoms with Crippen LogP contribution in [-0.2, 0) is 4.79 Å². The minimum atomic E-state index is -0.0474. The van der Waals surface area contributed by atoms with Crippen molar-refractivity contribution in [1.82, 2.24) is 4.90 Å². The molecule has 0 unspecified atom stereocenters. The maximum atomic E-state index is 12.2. The molecule has 1 aliphatic heterocycles. The zero-order chi connectivity index (χ0) is 14.9. The molecular weight excluding hydrogens is 312 g/mol. The molecule has 6 heteroatoms. The highest BCUT2D eigenvalue weighted by Crippen LogP contribution is 2.35. The van der Waals surface area contributed by atoms with Crippen molar-refractivity contribution in [2.24, 2.45) is 0 Å². The topological polar surface area (TPSA) is 23.6 Å². The molecule has 1 aromatic rings. The SMILES string of the molecule is CCN1C(=O)C(=Cc2cccc(N(C)C)c2Cl)SC1=S. The molecule has 0 spiro atoms. The van der Waals surface area contributed by atoms with Crippen LogP contribution in [-0.4, -0.2) is 35.8 Å². The van der Waals surface area contributed by atoms with Gasteiger partial charge in [0.15, 0.2) is 0 Å². The Balaban J connectivity index is 2.40. The van der Waals surface area contributed by atoms with Crippen molar-refractivity contribution in [2.75, 3.05) is 25.5 Å². The smallest absolute Gasteiger partial charge is 0.266 e. The Labute approximate surface area is 133 Å². The number of thiocarbonyl (C=S) groups is 1. The van der Waals surface area contributed by atoms with E-state index in [1.54, 1.807) is 4.90 Å². The van der Waals surface area contributed by atoms with Crippen LogP contribution in [0.2, 0.25) is 5.02 Å². The van der Waals surface area contributed by atoms with Gasteiger partial charge in [-0.1, -0.05) is 47.7 Å². The van der Waals surface area contributed by atoms with Crippen LogP contribution >= 0.6 is 35.6 Å². The van der Waals surface area contributed by atoms with E-state index in [4.69, 9.17) is 23.8 Å². The monoisotopic (exact) mass is 326 g/mol. The summed E-state index contributed by atoms with van der Waals surface area (Å²) in [6, 6.07) is 5.76. The second-order valence-corrected chi connectivity index (χ2v) is 6.55. The van der Waals surface area contributed by atoms with Gasteiger partial charge in [-0.25, -0.2) is 0 Å². The summed E-state index contributed by atoms with van der Waals surface area (Å²) in [5.41, 5.74) is 1.75. The molecule has 1 heterocycles. The number of rotatable bonds is 3. The van der Waals surface area contributed by atoms with E-state index in [0.717, 1.165) is 11.3 Å². The summed E-state index contributed by atoms with van der Waals surface area (Å²) in [6.07, 6.45) is 1.81. The standard InChI is InChI=1S/C14H15ClN2OS2/c1-4-17-13(18)11(20-14(17)19)8-9-6-5-7-10(12(9)15)16(2)3/h5-8H,4H2,1-3H3. The van der Waals surface area contributed by atoms with Crippen molar-refractivity contribution in [3.63, 3.8) is 0 Å². The molecule has 0 N–H and O–H groups in total. The van der Waals surface area contributed by atoms with Gasteiger partial charge in [0.2, 0.25) is 0 Å². The Morgan fingerprint density at radius 3 is 2.70 bits per heavy atom. The highest BCUT2D eigenvalue weighted by molar-refractivity contribution is 8.26. The number of hydrogen-bond donors (Lipinski definition) is 0. The highest BCUT2D eigenvalue weighted by Gasteiger charge is 2.30. The van der Waals surface area contributed by atoms with Gasteiger partial charge in [0.1, 0.15) is 4.32 Å². The summed E-state index contributed by atoms with van der Waals surface area (Å²) in [5.74, 6) is -0.0474. The quantitative estimate of drug-likeness (QED) is 0.625. The molecule has 0 atom stereocenters. The molecule has 0 aromatic heterocycles. The Bertz CT molecular complexity index is 599. The molecule has 1 saturated heterocycles. The number of benzene rings is 1. The van der Waals surface area contributed by atoms with E-state index in [1.165, 1.54) is 11.8 Å². The fourth-order valence-corrected chi connectivity index (χ4v) is 3.63. The molecule has 0 aliphatic carbocycles. The van der Waals surface area contributed by atoms with E-state index in [2.05, 4.69) is 0 Å². The van der Waals surface area contributed by atoms with Gasteiger partial charge >= 0.3 is 0 Å². The van der Waals surface area contributed by atoms with Gasteiger partial charge in [-0.2, -0.15) is 0 Å². The lowest BCUT2D eigenvalue weighted by atomic mass is 10.1. The first-order valence-corrected chi connectivity index (χ1v) is 7.77. The Morgan fingerprint density at radius 1 is 1.45 bits per heavy atom. The Morgan fingerprint density at radius 2 is 2.15 bits per heavy atom. The average molecular weight is 327 g/mol. The molecule has 1 fully saturated rings. The van der Waals surface area contributed by atoms with Crippen molar-refractivity contribution < 1.29 is 4.79 Å². The molecule has 0 saturated carbocycles. The van der Waals surface area contributed by atoms with Gasteiger partial charge in [-0.3, -0.25) is 9.69 Å². The van der Waals surface area contributed by atoms with Crippen LogP contribution in [0.4, 0.5) is 5.69 Å². The highest BCUT2D eigenvalue weighted by atomic mass is 35.5. The molecular formula is C14H15ClN2OS2. The minimum Gasteiger partial charge on any atom is -0.376 e. The zero-order valence-corrected chi connectivity index (χ0v) is 13.9. The fourth-order valence-electron chi connectivity index (χ4n) is 1.91. The normalized spacial score (nSPS) is 17.2. The Hall–Kier alpha value is -1.04. The van der Waals surface area contributed by atoms with Crippen LogP contribution in [0.25, 0.3) is 6.08 Å². The lowest BCUT2D eigenvalue weighted by Crippen LogP contribution is -2.27. The third-order valence-electron chi connectivity index (χ3n) is 2.97. The Kier molecular flexibility index (Phi) is 4.73. The van der Waals surface area contributed by atoms with E-state index in [-0.39, 0.29) is 5.91 Å². The molecule has 0 bridgehead atoms. The lowest BCUT2D eigenvalue weighted by Gasteiger charge is -2.15. The molecule has 1 amide bonds. The maximum Gasteiger partial charge on any atom is 0.266 e. The van der Waals surface area contributed by atoms with Crippen molar-refractivity contribution in [3.05, 3.63) is 33.7 Å². The van der Waals surface area contributed by atoms with Crippen LogP contribution in [0.15, 0.2) is 23.1 Å². The van der Waals surface area contributed by atoms with Gasteiger partial charge in [-0.05, 0) is 24.6 Å². The summed E-state index contributed by atoms with van der Waals surface area (Å²) in [7, 11) is 3.86. The first kappa shape index (κ1) is 15.4. The summed E-state index contributed by atoms with van der Waals surface area (Å²) in [4.78, 5) is 16.3. The van der Waals surface area contributed by atoms with E-state index < -0.39 is 0 Å². The first-order valence-electron chi connectivity index (χ1n) is 6.17. The van der Waals surface area contributed by atoms with Crippen LogP contribution in [0.1, 0.15) is 12.5 Å². The minimum absolute atomic E-state index is 0.0474. The fraction of sp³-hybridized carbons (Fsp3) is 0.286. The maximum absolute atomic E-state index is 12.2. The third-order valence-corrected chi connectivity index (χ3v) is 4.76.